The molecule has 1 aliphatic rings. The van der Waals surface area contributed by atoms with Gasteiger partial charge in [0.1, 0.15) is 5.75 Å². The van der Waals surface area contributed by atoms with Gasteiger partial charge in [-0.3, -0.25) is 4.79 Å². The lowest BCUT2D eigenvalue weighted by atomic mass is 9.97. The third kappa shape index (κ3) is 3.49. The first-order valence-corrected chi connectivity index (χ1v) is 6.34. The van der Waals surface area contributed by atoms with Crippen LogP contribution in [-0.2, 0) is 6.18 Å². The Labute approximate surface area is 109 Å². The zero-order chi connectivity index (χ0) is 13.9. The molecule has 1 fully saturated rings. The third-order valence-corrected chi connectivity index (χ3v) is 3.31. The molecule has 2 rings (SSSR count). The predicted octanol–water partition coefficient (Wildman–Crippen LogP) is 4.23. The molecule has 2 nitrogen and oxygen atoms in total. The quantitative estimate of drug-likeness (QED) is 0.770. The standard InChI is InChI=1S/C14H15F3O2/c15-14(16,17)13-8-12(7-6-10(13)9-18)19-11-4-2-1-3-5-11/h6-9,11H,1-5H2. The maximum absolute atomic E-state index is 12.8. The van der Waals surface area contributed by atoms with E-state index in [1.165, 1.54) is 6.07 Å². The Hall–Kier alpha value is -1.52. The number of hydrogen-bond donors (Lipinski definition) is 0. The summed E-state index contributed by atoms with van der Waals surface area (Å²) in [6, 6.07) is 3.50. The lowest BCUT2D eigenvalue weighted by molar-refractivity contribution is -0.138. The van der Waals surface area contributed by atoms with Gasteiger partial charge in [0.2, 0.25) is 0 Å². The van der Waals surface area contributed by atoms with Gasteiger partial charge in [-0.25, -0.2) is 0 Å². The molecule has 0 N–H and O–H groups in total. The van der Waals surface area contributed by atoms with Crippen LogP contribution in [0.5, 0.6) is 5.75 Å². The van der Waals surface area contributed by atoms with Crippen molar-refractivity contribution < 1.29 is 22.7 Å². The van der Waals surface area contributed by atoms with Crippen LogP contribution in [0.3, 0.4) is 0 Å². The summed E-state index contributed by atoms with van der Waals surface area (Å²) in [6.07, 6.45) is 0.643. The van der Waals surface area contributed by atoms with Crippen molar-refractivity contribution in [1.29, 1.82) is 0 Å². The highest BCUT2D eigenvalue weighted by molar-refractivity contribution is 5.78. The van der Waals surface area contributed by atoms with Gasteiger partial charge >= 0.3 is 6.18 Å². The first-order valence-electron chi connectivity index (χ1n) is 6.34. The molecule has 1 aliphatic carbocycles. The Morgan fingerprint density at radius 3 is 2.42 bits per heavy atom. The van der Waals surface area contributed by atoms with E-state index in [1.54, 1.807) is 0 Å². The van der Waals surface area contributed by atoms with E-state index in [0.717, 1.165) is 44.2 Å². The number of aldehydes is 1. The largest absolute Gasteiger partial charge is 0.490 e. The number of benzene rings is 1. The minimum Gasteiger partial charge on any atom is -0.490 e. The summed E-state index contributed by atoms with van der Waals surface area (Å²) < 4.78 is 43.9. The summed E-state index contributed by atoms with van der Waals surface area (Å²) in [5.41, 5.74) is -1.29. The molecule has 1 saturated carbocycles. The maximum atomic E-state index is 12.8. The van der Waals surface area contributed by atoms with Gasteiger partial charge in [0, 0.05) is 5.56 Å². The second-order valence-corrected chi connectivity index (χ2v) is 4.74. The van der Waals surface area contributed by atoms with Crippen molar-refractivity contribution in [2.24, 2.45) is 0 Å². The van der Waals surface area contributed by atoms with Crippen LogP contribution >= 0.6 is 0 Å². The van der Waals surface area contributed by atoms with E-state index in [0.29, 0.717) is 0 Å². The summed E-state index contributed by atoms with van der Waals surface area (Å²) in [6.45, 7) is 0. The monoisotopic (exact) mass is 272 g/mol. The molecule has 1 aromatic carbocycles. The first-order chi connectivity index (χ1) is 9.00. The molecule has 0 bridgehead atoms. The van der Waals surface area contributed by atoms with E-state index in [1.807, 2.05) is 0 Å². The number of halogens is 3. The van der Waals surface area contributed by atoms with Crippen LogP contribution in [0.1, 0.15) is 48.0 Å². The summed E-state index contributed by atoms with van der Waals surface area (Å²) in [5.74, 6) is 0.185. The minimum absolute atomic E-state index is 0.0167. The maximum Gasteiger partial charge on any atom is 0.417 e. The van der Waals surface area contributed by atoms with Gasteiger partial charge in [-0.1, -0.05) is 6.42 Å². The normalized spacial score (nSPS) is 17.2. The number of carbonyl (C=O) groups excluding carboxylic acids is 1. The first kappa shape index (κ1) is 13.9. The fourth-order valence-electron chi connectivity index (χ4n) is 2.33. The van der Waals surface area contributed by atoms with Gasteiger partial charge in [-0.2, -0.15) is 13.2 Å². The highest BCUT2D eigenvalue weighted by Crippen LogP contribution is 2.34. The van der Waals surface area contributed by atoms with Gasteiger partial charge < -0.3 is 4.74 Å². The molecule has 0 aliphatic heterocycles. The van der Waals surface area contributed by atoms with Crippen molar-refractivity contribution in [2.75, 3.05) is 0 Å². The number of ether oxygens (including phenoxy) is 1. The third-order valence-electron chi connectivity index (χ3n) is 3.31. The Bertz CT molecular complexity index is 448. The van der Waals surface area contributed by atoms with Crippen LogP contribution in [0.4, 0.5) is 13.2 Å². The fraction of sp³-hybridized carbons (Fsp3) is 0.500. The number of rotatable bonds is 3. The molecule has 19 heavy (non-hydrogen) atoms. The number of hydrogen-bond acceptors (Lipinski definition) is 2. The summed E-state index contributed by atoms with van der Waals surface area (Å²) in [5, 5.41) is 0. The molecule has 104 valence electrons. The Kier molecular flexibility index (Phi) is 4.12. The molecule has 5 heteroatoms. The zero-order valence-corrected chi connectivity index (χ0v) is 10.4. The van der Waals surface area contributed by atoms with Gasteiger partial charge in [0.05, 0.1) is 11.7 Å². The van der Waals surface area contributed by atoms with Crippen LogP contribution < -0.4 is 4.74 Å². The highest BCUT2D eigenvalue weighted by Gasteiger charge is 2.34. The molecular weight excluding hydrogens is 257 g/mol. The molecule has 0 aromatic heterocycles. The Morgan fingerprint density at radius 2 is 1.84 bits per heavy atom. The second-order valence-electron chi connectivity index (χ2n) is 4.74. The van der Waals surface area contributed by atoms with E-state index in [9.17, 15) is 18.0 Å². The van der Waals surface area contributed by atoms with Crippen LogP contribution in [0, 0.1) is 0 Å². The number of alkyl halides is 3. The average molecular weight is 272 g/mol. The smallest absolute Gasteiger partial charge is 0.417 e. The van der Waals surface area contributed by atoms with Crippen molar-refractivity contribution in [3.8, 4) is 5.75 Å². The topological polar surface area (TPSA) is 26.3 Å². The van der Waals surface area contributed by atoms with E-state index in [4.69, 9.17) is 4.74 Å². The fourth-order valence-corrected chi connectivity index (χ4v) is 2.33. The van der Waals surface area contributed by atoms with E-state index in [-0.39, 0.29) is 23.7 Å². The molecule has 0 amide bonds. The van der Waals surface area contributed by atoms with Crippen molar-refractivity contribution >= 4 is 6.29 Å². The Balaban J connectivity index is 2.20. The molecule has 1 aromatic rings. The van der Waals surface area contributed by atoms with Crippen molar-refractivity contribution in [1.82, 2.24) is 0 Å². The van der Waals surface area contributed by atoms with Crippen LogP contribution in [0.25, 0.3) is 0 Å². The van der Waals surface area contributed by atoms with Crippen molar-refractivity contribution in [2.45, 2.75) is 44.4 Å². The molecule has 0 unspecified atom stereocenters. The minimum atomic E-state index is -4.54. The van der Waals surface area contributed by atoms with E-state index in [2.05, 4.69) is 0 Å². The van der Waals surface area contributed by atoms with Crippen LogP contribution in [0.15, 0.2) is 18.2 Å². The van der Waals surface area contributed by atoms with E-state index >= 15 is 0 Å². The summed E-state index contributed by atoms with van der Waals surface area (Å²) >= 11 is 0. The van der Waals surface area contributed by atoms with Crippen LogP contribution in [-0.4, -0.2) is 12.4 Å². The summed E-state index contributed by atoms with van der Waals surface area (Å²) in [4.78, 5) is 10.6. The SMILES string of the molecule is O=Cc1ccc(OC2CCCCC2)cc1C(F)(F)F. The average Bonchev–Trinajstić information content (AvgIpc) is 2.39. The van der Waals surface area contributed by atoms with E-state index < -0.39 is 11.7 Å². The molecule has 0 spiro atoms. The number of carbonyl (C=O) groups is 1. The highest BCUT2D eigenvalue weighted by atomic mass is 19.4. The van der Waals surface area contributed by atoms with Crippen molar-refractivity contribution in [3.05, 3.63) is 29.3 Å². The molecule has 0 atom stereocenters. The molecule has 0 radical (unpaired) electrons. The summed E-state index contributed by atoms with van der Waals surface area (Å²) in [7, 11) is 0. The van der Waals surface area contributed by atoms with Gasteiger partial charge in [0.15, 0.2) is 6.29 Å². The predicted molar refractivity (Wildman–Crippen MR) is 64.3 cm³/mol. The molecular formula is C14H15F3O2. The van der Waals surface area contributed by atoms with Gasteiger partial charge in [-0.15, -0.1) is 0 Å². The second kappa shape index (κ2) is 5.63. The lowest BCUT2D eigenvalue weighted by Crippen LogP contribution is -2.20. The van der Waals surface area contributed by atoms with Crippen LogP contribution in [0.2, 0.25) is 0 Å². The van der Waals surface area contributed by atoms with Gasteiger partial charge in [0.25, 0.3) is 0 Å². The van der Waals surface area contributed by atoms with Crippen molar-refractivity contribution in [3.63, 3.8) is 0 Å². The zero-order valence-electron chi connectivity index (χ0n) is 10.4. The Morgan fingerprint density at radius 1 is 1.16 bits per heavy atom. The molecule has 0 heterocycles. The molecule has 0 saturated heterocycles. The van der Waals surface area contributed by atoms with Gasteiger partial charge in [-0.05, 0) is 43.9 Å². The lowest BCUT2D eigenvalue weighted by Gasteiger charge is -2.23.